The molecule has 0 aliphatic carbocycles. The van der Waals surface area contributed by atoms with Gasteiger partial charge < -0.3 is 10.6 Å². The third kappa shape index (κ3) is 5.26. The molecule has 0 aromatic carbocycles. The Morgan fingerprint density at radius 2 is 2.26 bits per heavy atom. The van der Waals surface area contributed by atoms with Crippen LogP contribution in [0.25, 0.3) is 0 Å². The van der Waals surface area contributed by atoms with E-state index in [9.17, 15) is 4.79 Å². The average molecular weight is 326 g/mol. The van der Waals surface area contributed by atoms with E-state index >= 15 is 0 Å². The van der Waals surface area contributed by atoms with E-state index in [1.807, 2.05) is 19.2 Å². The number of aryl methyl sites for hydroxylation is 1. The zero-order chi connectivity index (χ0) is 12.3. The van der Waals surface area contributed by atoms with Crippen LogP contribution in [0, 0.1) is 6.92 Å². The molecule has 1 aromatic heterocycles. The number of nitrogens with zero attached hydrogens (tertiary/aromatic N) is 1. The van der Waals surface area contributed by atoms with Gasteiger partial charge in [0.05, 0.1) is 12.1 Å². The number of rotatable bonds is 3. The normalized spacial score (nSPS) is 19.8. The van der Waals surface area contributed by atoms with E-state index in [-0.39, 0.29) is 42.8 Å². The molecule has 19 heavy (non-hydrogen) atoms. The summed E-state index contributed by atoms with van der Waals surface area (Å²) in [5.41, 5.74) is 1.02. The van der Waals surface area contributed by atoms with Crippen molar-refractivity contribution in [3.8, 4) is 0 Å². The summed E-state index contributed by atoms with van der Waals surface area (Å²) >= 11 is 1.60. The Kier molecular flexibility index (Phi) is 8.57. The van der Waals surface area contributed by atoms with Crippen LogP contribution in [0.15, 0.2) is 5.38 Å². The van der Waals surface area contributed by atoms with Crippen molar-refractivity contribution in [3.63, 3.8) is 0 Å². The van der Waals surface area contributed by atoms with Crippen LogP contribution in [0.4, 0.5) is 0 Å². The number of nitrogens with one attached hydrogen (secondary N) is 2. The van der Waals surface area contributed by atoms with Gasteiger partial charge >= 0.3 is 0 Å². The second-order valence-electron chi connectivity index (χ2n) is 4.56. The lowest BCUT2D eigenvalue weighted by Gasteiger charge is -2.24. The van der Waals surface area contributed by atoms with Crippen molar-refractivity contribution >= 4 is 42.1 Å². The Labute approximate surface area is 130 Å². The summed E-state index contributed by atoms with van der Waals surface area (Å²) in [6, 6.07) is -0.0165. The van der Waals surface area contributed by atoms with Crippen LogP contribution in [0.5, 0.6) is 0 Å². The largest absolute Gasteiger partial charge is 0.346 e. The molecule has 4 nitrogen and oxygen atoms in total. The fourth-order valence-electron chi connectivity index (χ4n) is 2.02. The maximum atomic E-state index is 12.0. The molecule has 7 heteroatoms. The lowest BCUT2D eigenvalue weighted by Crippen LogP contribution is -2.47. The molecular weight excluding hydrogens is 305 g/mol. The topological polar surface area (TPSA) is 54.0 Å². The van der Waals surface area contributed by atoms with Gasteiger partial charge in [-0.05, 0) is 33.2 Å². The van der Waals surface area contributed by atoms with Gasteiger partial charge in [-0.25, -0.2) is 4.98 Å². The summed E-state index contributed by atoms with van der Waals surface area (Å²) in [6.45, 7) is 4.90. The summed E-state index contributed by atoms with van der Waals surface area (Å²) in [5.74, 6) is 0.102. The van der Waals surface area contributed by atoms with Gasteiger partial charge in [0.25, 0.3) is 0 Å². The fraction of sp³-hybridized carbons (Fsp3) is 0.667. The summed E-state index contributed by atoms with van der Waals surface area (Å²) in [4.78, 5) is 16.4. The van der Waals surface area contributed by atoms with Crippen molar-refractivity contribution in [2.75, 3.05) is 6.54 Å². The number of thiazole rings is 1. The van der Waals surface area contributed by atoms with Crippen molar-refractivity contribution in [2.24, 2.45) is 0 Å². The number of amides is 1. The highest BCUT2D eigenvalue weighted by molar-refractivity contribution is 7.09. The van der Waals surface area contributed by atoms with E-state index in [1.165, 1.54) is 6.42 Å². The van der Waals surface area contributed by atoms with E-state index in [4.69, 9.17) is 0 Å². The van der Waals surface area contributed by atoms with Gasteiger partial charge in [0.1, 0.15) is 5.01 Å². The maximum Gasteiger partial charge on any atom is 0.237 e. The molecule has 2 atom stereocenters. The quantitative estimate of drug-likeness (QED) is 0.898. The lowest BCUT2D eigenvalue weighted by molar-refractivity contribution is -0.124. The van der Waals surface area contributed by atoms with E-state index in [1.54, 1.807) is 11.3 Å². The Morgan fingerprint density at radius 1 is 1.53 bits per heavy atom. The van der Waals surface area contributed by atoms with Crippen LogP contribution in [-0.2, 0) is 4.79 Å². The number of hydrogen-bond acceptors (Lipinski definition) is 4. The smallest absolute Gasteiger partial charge is 0.237 e. The molecular formula is C12H21Cl2N3OS. The molecule has 1 aliphatic heterocycles. The zero-order valence-electron chi connectivity index (χ0n) is 11.1. The minimum absolute atomic E-state index is 0. The molecule has 110 valence electrons. The fourth-order valence-corrected chi connectivity index (χ4v) is 2.83. The third-order valence-corrected chi connectivity index (χ3v) is 4.14. The molecule has 1 aromatic rings. The van der Waals surface area contributed by atoms with Gasteiger partial charge in [-0.2, -0.15) is 0 Å². The highest BCUT2D eigenvalue weighted by atomic mass is 35.5. The molecule has 2 unspecified atom stereocenters. The van der Waals surface area contributed by atoms with Gasteiger partial charge in [0.2, 0.25) is 5.91 Å². The third-order valence-electron chi connectivity index (χ3n) is 2.99. The second kappa shape index (κ2) is 8.74. The monoisotopic (exact) mass is 325 g/mol. The molecule has 2 rings (SSSR count). The first kappa shape index (κ1) is 18.6. The maximum absolute atomic E-state index is 12.0. The molecule has 0 bridgehead atoms. The summed E-state index contributed by atoms with van der Waals surface area (Å²) in [7, 11) is 0. The predicted molar refractivity (Wildman–Crippen MR) is 83.5 cm³/mol. The van der Waals surface area contributed by atoms with Gasteiger partial charge in [-0.3, -0.25) is 4.79 Å². The van der Waals surface area contributed by atoms with Crippen LogP contribution < -0.4 is 10.6 Å². The zero-order valence-corrected chi connectivity index (χ0v) is 13.6. The summed E-state index contributed by atoms with van der Waals surface area (Å²) in [6.07, 6.45) is 3.25. The number of hydrogen-bond donors (Lipinski definition) is 2. The Morgan fingerprint density at radius 3 is 2.79 bits per heavy atom. The van der Waals surface area contributed by atoms with Crippen LogP contribution in [0.2, 0.25) is 0 Å². The van der Waals surface area contributed by atoms with Crippen LogP contribution in [-0.4, -0.2) is 23.5 Å². The standard InChI is InChI=1S/C12H19N3OS.2ClH/c1-8-7-17-12(14-8)9(2)15-11(16)10-5-3-4-6-13-10;;/h7,9-10,13H,3-6H2,1-2H3,(H,15,16);2*1H. The number of halogens is 2. The van der Waals surface area contributed by atoms with Crippen molar-refractivity contribution in [3.05, 3.63) is 16.1 Å². The van der Waals surface area contributed by atoms with Crippen LogP contribution >= 0.6 is 36.2 Å². The van der Waals surface area contributed by atoms with E-state index in [2.05, 4.69) is 15.6 Å². The number of aromatic nitrogens is 1. The molecule has 2 heterocycles. The number of piperidine rings is 1. The van der Waals surface area contributed by atoms with Crippen molar-refractivity contribution < 1.29 is 4.79 Å². The van der Waals surface area contributed by atoms with Gasteiger partial charge in [0.15, 0.2) is 0 Å². The minimum Gasteiger partial charge on any atom is -0.346 e. The van der Waals surface area contributed by atoms with E-state index in [0.717, 1.165) is 30.1 Å². The Balaban J connectivity index is 0.00000162. The first-order valence-electron chi connectivity index (χ1n) is 6.12. The second-order valence-corrected chi connectivity index (χ2v) is 5.45. The molecule has 0 saturated carbocycles. The SMILES string of the molecule is Cc1csc(C(C)NC(=O)C2CCCCN2)n1.Cl.Cl. The summed E-state index contributed by atoms with van der Waals surface area (Å²) in [5, 5.41) is 9.27. The van der Waals surface area contributed by atoms with Crippen molar-refractivity contribution in [1.82, 2.24) is 15.6 Å². The van der Waals surface area contributed by atoms with Crippen LogP contribution in [0.3, 0.4) is 0 Å². The van der Waals surface area contributed by atoms with Gasteiger partial charge in [-0.1, -0.05) is 6.42 Å². The minimum atomic E-state index is -0.0211. The molecule has 0 radical (unpaired) electrons. The molecule has 1 aliphatic rings. The average Bonchev–Trinajstić information content (AvgIpc) is 2.77. The van der Waals surface area contributed by atoms with Crippen molar-refractivity contribution in [2.45, 2.75) is 45.2 Å². The van der Waals surface area contributed by atoms with Crippen molar-refractivity contribution in [1.29, 1.82) is 0 Å². The molecule has 1 fully saturated rings. The first-order valence-corrected chi connectivity index (χ1v) is 7.00. The molecule has 1 saturated heterocycles. The van der Waals surface area contributed by atoms with E-state index < -0.39 is 0 Å². The predicted octanol–water partition coefficient (Wildman–Crippen LogP) is 2.61. The Bertz CT molecular complexity index is 394. The number of carbonyl (C=O) groups is 1. The van der Waals surface area contributed by atoms with Gasteiger partial charge in [0, 0.05) is 11.1 Å². The van der Waals surface area contributed by atoms with Crippen LogP contribution in [0.1, 0.15) is 42.9 Å². The highest BCUT2D eigenvalue weighted by Crippen LogP contribution is 2.18. The van der Waals surface area contributed by atoms with Gasteiger partial charge in [-0.15, -0.1) is 36.2 Å². The summed E-state index contributed by atoms with van der Waals surface area (Å²) < 4.78 is 0. The molecule has 2 N–H and O–H groups in total. The Hall–Kier alpha value is -0.360. The number of carbonyl (C=O) groups excluding carboxylic acids is 1. The molecule has 1 amide bonds. The molecule has 0 spiro atoms. The first-order chi connectivity index (χ1) is 8.16. The van der Waals surface area contributed by atoms with E-state index in [0.29, 0.717) is 0 Å². The highest BCUT2D eigenvalue weighted by Gasteiger charge is 2.22. The lowest BCUT2D eigenvalue weighted by atomic mass is 10.0.